The zero-order chi connectivity index (χ0) is 18.4. The fourth-order valence-electron chi connectivity index (χ4n) is 2.89. The van der Waals surface area contributed by atoms with E-state index >= 15 is 0 Å². The van der Waals surface area contributed by atoms with Crippen molar-refractivity contribution < 1.29 is 14.3 Å². The first-order valence-electron chi connectivity index (χ1n) is 8.76. The van der Waals surface area contributed by atoms with Crippen LogP contribution in [0.15, 0.2) is 22.9 Å². The van der Waals surface area contributed by atoms with Crippen LogP contribution in [0.1, 0.15) is 23.9 Å². The van der Waals surface area contributed by atoms with Crippen molar-refractivity contribution in [2.45, 2.75) is 26.2 Å². The predicted octanol–water partition coefficient (Wildman–Crippen LogP) is 2.81. The molecular weight excluding hydrogens is 370 g/mol. The summed E-state index contributed by atoms with van der Waals surface area (Å²) < 4.78 is 5.39. The first kappa shape index (κ1) is 19.0. The van der Waals surface area contributed by atoms with E-state index in [-0.39, 0.29) is 18.2 Å². The Hall–Kier alpha value is -1.77. The SMILES string of the molecule is CCN(CC1CCOC1)C(=O)Cc1csc(NC(=O)Cc2cccs2)n1. The molecule has 6 nitrogen and oxygen atoms in total. The lowest BCUT2D eigenvalue weighted by Gasteiger charge is -2.23. The number of carbonyl (C=O) groups excluding carboxylic acids is 2. The Balaban J connectivity index is 1.50. The highest BCUT2D eigenvalue weighted by Crippen LogP contribution is 2.19. The molecule has 1 atom stereocenters. The van der Waals surface area contributed by atoms with Gasteiger partial charge >= 0.3 is 0 Å². The summed E-state index contributed by atoms with van der Waals surface area (Å²) in [5.74, 6) is 0.415. The summed E-state index contributed by atoms with van der Waals surface area (Å²) in [6.07, 6.45) is 1.62. The molecule has 1 aliphatic rings. The molecule has 3 rings (SSSR count). The van der Waals surface area contributed by atoms with Gasteiger partial charge in [-0.3, -0.25) is 9.59 Å². The van der Waals surface area contributed by atoms with E-state index in [1.54, 1.807) is 11.3 Å². The van der Waals surface area contributed by atoms with Crippen molar-refractivity contribution in [1.82, 2.24) is 9.88 Å². The molecule has 140 valence electrons. The molecule has 0 saturated carbocycles. The van der Waals surface area contributed by atoms with Gasteiger partial charge in [-0.15, -0.1) is 22.7 Å². The molecule has 8 heteroatoms. The fraction of sp³-hybridized carbons (Fsp3) is 0.500. The van der Waals surface area contributed by atoms with Crippen molar-refractivity contribution in [2.75, 3.05) is 31.6 Å². The second kappa shape index (κ2) is 9.25. The number of ether oxygens (including phenoxy) is 1. The maximum absolute atomic E-state index is 12.5. The van der Waals surface area contributed by atoms with E-state index in [2.05, 4.69) is 10.3 Å². The van der Waals surface area contributed by atoms with Crippen LogP contribution < -0.4 is 5.32 Å². The molecule has 3 heterocycles. The number of nitrogens with zero attached hydrogens (tertiary/aromatic N) is 2. The summed E-state index contributed by atoms with van der Waals surface area (Å²) in [7, 11) is 0. The monoisotopic (exact) mass is 393 g/mol. The Morgan fingerprint density at radius 2 is 2.27 bits per heavy atom. The molecule has 1 unspecified atom stereocenters. The van der Waals surface area contributed by atoms with Gasteiger partial charge in [-0.2, -0.15) is 0 Å². The smallest absolute Gasteiger partial charge is 0.231 e. The predicted molar refractivity (Wildman–Crippen MR) is 104 cm³/mol. The number of hydrogen-bond donors (Lipinski definition) is 1. The minimum Gasteiger partial charge on any atom is -0.381 e. The molecule has 0 spiro atoms. The number of anilines is 1. The number of amides is 2. The number of nitrogens with one attached hydrogen (secondary N) is 1. The molecule has 1 aliphatic heterocycles. The molecule has 2 aromatic heterocycles. The second-order valence-electron chi connectivity index (χ2n) is 6.29. The second-order valence-corrected chi connectivity index (χ2v) is 8.18. The van der Waals surface area contributed by atoms with E-state index < -0.39 is 0 Å². The fourth-order valence-corrected chi connectivity index (χ4v) is 4.32. The van der Waals surface area contributed by atoms with Crippen LogP contribution >= 0.6 is 22.7 Å². The van der Waals surface area contributed by atoms with Crippen molar-refractivity contribution in [3.8, 4) is 0 Å². The van der Waals surface area contributed by atoms with Gasteiger partial charge in [-0.1, -0.05) is 6.07 Å². The molecular formula is C18H23N3O3S2. The van der Waals surface area contributed by atoms with Crippen LogP contribution in [0.3, 0.4) is 0 Å². The third-order valence-corrected chi connectivity index (χ3v) is 5.97. The molecule has 2 amide bonds. The van der Waals surface area contributed by atoms with E-state index in [1.807, 2.05) is 34.7 Å². The number of carbonyl (C=O) groups is 2. The van der Waals surface area contributed by atoms with E-state index in [4.69, 9.17) is 4.74 Å². The molecule has 1 fully saturated rings. The Morgan fingerprint density at radius 1 is 1.38 bits per heavy atom. The Labute approximate surface area is 161 Å². The minimum atomic E-state index is -0.0869. The number of hydrogen-bond acceptors (Lipinski definition) is 6. The summed E-state index contributed by atoms with van der Waals surface area (Å²) in [5.41, 5.74) is 0.701. The highest BCUT2D eigenvalue weighted by Gasteiger charge is 2.22. The molecule has 26 heavy (non-hydrogen) atoms. The number of thiophene rings is 1. The average Bonchev–Trinajstić information content (AvgIpc) is 3.36. The highest BCUT2D eigenvalue weighted by molar-refractivity contribution is 7.14. The molecule has 1 N–H and O–H groups in total. The maximum atomic E-state index is 12.5. The topological polar surface area (TPSA) is 71.5 Å². The lowest BCUT2D eigenvalue weighted by molar-refractivity contribution is -0.131. The van der Waals surface area contributed by atoms with Gasteiger partial charge in [0.2, 0.25) is 11.8 Å². The first-order chi connectivity index (χ1) is 12.6. The van der Waals surface area contributed by atoms with Crippen molar-refractivity contribution in [3.63, 3.8) is 0 Å². The van der Waals surface area contributed by atoms with Crippen molar-refractivity contribution in [3.05, 3.63) is 33.5 Å². The number of likely N-dealkylation sites (N-methyl/N-ethyl adjacent to an activating group) is 1. The summed E-state index contributed by atoms with van der Waals surface area (Å²) >= 11 is 2.91. The summed E-state index contributed by atoms with van der Waals surface area (Å²) in [4.78, 5) is 31.8. The minimum absolute atomic E-state index is 0.0705. The van der Waals surface area contributed by atoms with Gasteiger partial charge in [0.25, 0.3) is 0 Å². The normalized spacial score (nSPS) is 16.6. The Morgan fingerprint density at radius 3 is 2.96 bits per heavy atom. The molecule has 0 aliphatic carbocycles. The van der Waals surface area contributed by atoms with E-state index in [0.29, 0.717) is 29.7 Å². The lowest BCUT2D eigenvalue weighted by atomic mass is 10.1. The van der Waals surface area contributed by atoms with Crippen LogP contribution in [0.2, 0.25) is 0 Å². The third kappa shape index (κ3) is 5.36. The maximum Gasteiger partial charge on any atom is 0.231 e. The molecule has 0 aromatic carbocycles. The van der Waals surface area contributed by atoms with Gasteiger partial charge in [0.05, 0.1) is 25.1 Å². The molecule has 2 aromatic rings. The van der Waals surface area contributed by atoms with Gasteiger partial charge in [0.15, 0.2) is 5.13 Å². The van der Waals surface area contributed by atoms with Crippen LogP contribution in [-0.4, -0.2) is 48.0 Å². The van der Waals surface area contributed by atoms with Crippen molar-refractivity contribution in [1.29, 1.82) is 0 Å². The quantitative estimate of drug-likeness (QED) is 0.749. The Bertz CT molecular complexity index is 724. The zero-order valence-corrected chi connectivity index (χ0v) is 16.4. The van der Waals surface area contributed by atoms with Crippen LogP contribution in [0.4, 0.5) is 5.13 Å². The van der Waals surface area contributed by atoms with Crippen LogP contribution in [-0.2, 0) is 27.2 Å². The van der Waals surface area contributed by atoms with Crippen molar-refractivity contribution in [2.24, 2.45) is 5.92 Å². The largest absolute Gasteiger partial charge is 0.381 e. The van der Waals surface area contributed by atoms with E-state index in [1.165, 1.54) is 11.3 Å². The van der Waals surface area contributed by atoms with E-state index in [0.717, 1.165) is 31.1 Å². The standard InChI is InChI=1S/C18H23N3O3S2/c1-2-21(10-13-5-6-24-11-13)17(23)8-14-12-26-18(19-14)20-16(22)9-15-4-3-7-25-15/h3-4,7,12-13H,2,5-6,8-11H2,1H3,(H,19,20,22). The van der Waals surface area contributed by atoms with Crippen LogP contribution in [0.5, 0.6) is 0 Å². The third-order valence-electron chi connectivity index (χ3n) is 4.28. The van der Waals surface area contributed by atoms with Gasteiger partial charge in [0.1, 0.15) is 0 Å². The first-order valence-corrected chi connectivity index (χ1v) is 10.5. The van der Waals surface area contributed by atoms with Gasteiger partial charge in [-0.05, 0) is 24.8 Å². The van der Waals surface area contributed by atoms with Crippen molar-refractivity contribution >= 4 is 39.6 Å². The summed E-state index contributed by atoms with van der Waals surface area (Å²) in [5, 5.41) is 7.14. The lowest BCUT2D eigenvalue weighted by Crippen LogP contribution is -2.36. The number of rotatable bonds is 8. The van der Waals surface area contributed by atoms with Crippen LogP contribution in [0, 0.1) is 5.92 Å². The van der Waals surface area contributed by atoms with Gasteiger partial charge in [0, 0.05) is 35.9 Å². The van der Waals surface area contributed by atoms with Crippen LogP contribution in [0.25, 0.3) is 0 Å². The number of thiazole rings is 1. The molecule has 0 radical (unpaired) electrons. The highest BCUT2D eigenvalue weighted by atomic mass is 32.1. The van der Waals surface area contributed by atoms with Gasteiger partial charge < -0.3 is 15.0 Å². The average molecular weight is 394 g/mol. The Kier molecular flexibility index (Phi) is 6.76. The zero-order valence-electron chi connectivity index (χ0n) is 14.8. The molecule has 1 saturated heterocycles. The number of aromatic nitrogens is 1. The van der Waals surface area contributed by atoms with Gasteiger partial charge in [-0.25, -0.2) is 4.98 Å². The summed E-state index contributed by atoms with van der Waals surface area (Å²) in [6.45, 7) is 4.94. The summed E-state index contributed by atoms with van der Waals surface area (Å²) in [6, 6.07) is 3.86. The van der Waals surface area contributed by atoms with E-state index in [9.17, 15) is 9.59 Å². The molecule has 0 bridgehead atoms.